The number of hydrogen-bond acceptors (Lipinski definition) is 2. The Labute approximate surface area is 98.1 Å². The molecular formula is C12H12F2N2O. The summed E-state index contributed by atoms with van der Waals surface area (Å²) in [6.45, 7) is 3.16. The first-order valence-corrected chi connectivity index (χ1v) is 5.10. The second kappa shape index (κ2) is 4.91. The van der Waals surface area contributed by atoms with Gasteiger partial charge < -0.3 is 5.32 Å². The standard InChI is InChI=1S/C12H12F2N2O/c1-3-12(2,7-15)11(17)16-10-5-8(13)4-9(14)6-10/h4-6H,3H2,1-2H3,(H,16,17). The van der Waals surface area contributed by atoms with Crippen LogP contribution in [0.15, 0.2) is 18.2 Å². The monoisotopic (exact) mass is 238 g/mol. The van der Waals surface area contributed by atoms with Gasteiger partial charge in [-0.1, -0.05) is 6.92 Å². The van der Waals surface area contributed by atoms with E-state index in [1.165, 1.54) is 6.92 Å². The minimum absolute atomic E-state index is 0.00225. The van der Waals surface area contributed by atoms with Gasteiger partial charge in [-0.05, 0) is 25.5 Å². The van der Waals surface area contributed by atoms with Crippen molar-refractivity contribution in [1.29, 1.82) is 5.26 Å². The number of nitrogens with one attached hydrogen (secondary N) is 1. The largest absolute Gasteiger partial charge is 0.325 e. The maximum absolute atomic E-state index is 12.9. The van der Waals surface area contributed by atoms with Crippen LogP contribution in [-0.4, -0.2) is 5.91 Å². The Kier molecular flexibility index (Phi) is 3.79. The summed E-state index contributed by atoms with van der Waals surface area (Å²) in [7, 11) is 0. The molecule has 1 amide bonds. The summed E-state index contributed by atoms with van der Waals surface area (Å²) in [5, 5.41) is 11.2. The summed E-state index contributed by atoms with van der Waals surface area (Å²) in [4.78, 5) is 11.7. The molecule has 3 nitrogen and oxygen atoms in total. The smallest absolute Gasteiger partial charge is 0.244 e. The predicted molar refractivity (Wildman–Crippen MR) is 59.0 cm³/mol. The number of hydrogen-bond donors (Lipinski definition) is 1. The Bertz CT molecular complexity index is 462. The van der Waals surface area contributed by atoms with Crippen LogP contribution in [0.3, 0.4) is 0 Å². The van der Waals surface area contributed by atoms with Gasteiger partial charge in [0, 0.05) is 11.8 Å². The topological polar surface area (TPSA) is 52.9 Å². The number of rotatable bonds is 3. The van der Waals surface area contributed by atoms with Gasteiger partial charge in [-0.2, -0.15) is 5.26 Å². The van der Waals surface area contributed by atoms with Crippen LogP contribution in [0, 0.1) is 28.4 Å². The van der Waals surface area contributed by atoms with E-state index < -0.39 is 23.0 Å². The van der Waals surface area contributed by atoms with Crippen molar-refractivity contribution in [2.45, 2.75) is 20.3 Å². The second-order valence-electron chi connectivity index (χ2n) is 3.91. The van der Waals surface area contributed by atoms with Crippen LogP contribution < -0.4 is 5.32 Å². The molecule has 5 heteroatoms. The van der Waals surface area contributed by atoms with Crippen LogP contribution in [0.5, 0.6) is 0 Å². The lowest BCUT2D eigenvalue weighted by Crippen LogP contribution is -2.31. The lowest BCUT2D eigenvalue weighted by molar-refractivity contribution is -0.122. The van der Waals surface area contributed by atoms with Gasteiger partial charge in [0.25, 0.3) is 0 Å². The van der Waals surface area contributed by atoms with Crippen LogP contribution in [0.4, 0.5) is 14.5 Å². The Morgan fingerprint density at radius 1 is 1.41 bits per heavy atom. The predicted octanol–water partition coefficient (Wildman–Crippen LogP) is 2.84. The molecule has 1 aromatic rings. The molecule has 0 aliphatic heterocycles. The highest BCUT2D eigenvalue weighted by atomic mass is 19.1. The Balaban J connectivity index is 2.92. The number of nitriles is 1. The van der Waals surface area contributed by atoms with Crippen LogP contribution in [0.2, 0.25) is 0 Å². The highest BCUT2D eigenvalue weighted by molar-refractivity contribution is 5.96. The molecule has 0 radical (unpaired) electrons. The fraction of sp³-hybridized carbons (Fsp3) is 0.333. The quantitative estimate of drug-likeness (QED) is 0.880. The van der Waals surface area contributed by atoms with Crippen molar-refractivity contribution in [2.75, 3.05) is 5.32 Å². The van der Waals surface area contributed by atoms with Gasteiger partial charge in [0.1, 0.15) is 17.0 Å². The van der Waals surface area contributed by atoms with Crippen molar-refractivity contribution < 1.29 is 13.6 Å². The van der Waals surface area contributed by atoms with E-state index in [1.807, 2.05) is 6.07 Å². The van der Waals surface area contributed by atoms with Gasteiger partial charge >= 0.3 is 0 Å². The van der Waals surface area contributed by atoms with E-state index in [-0.39, 0.29) is 5.69 Å². The Morgan fingerprint density at radius 2 is 1.94 bits per heavy atom. The van der Waals surface area contributed by atoms with Crippen LogP contribution in [0.1, 0.15) is 20.3 Å². The summed E-state index contributed by atoms with van der Waals surface area (Å²) < 4.78 is 25.8. The zero-order valence-electron chi connectivity index (χ0n) is 9.55. The molecule has 1 unspecified atom stereocenters. The lowest BCUT2D eigenvalue weighted by Gasteiger charge is -2.18. The molecule has 0 saturated carbocycles. The number of halogens is 2. The average Bonchev–Trinajstić information content (AvgIpc) is 2.26. The fourth-order valence-electron chi connectivity index (χ4n) is 1.19. The summed E-state index contributed by atoms with van der Waals surface area (Å²) in [5.41, 5.74) is -1.20. The maximum Gasteiger partial charge on any atom is 0.244 e. The van der Waals surface area contributed by atoms with Crippen molar-refractivity contribution in [3.8, 4) is 6.07 Å². The molecule has 0 spiro atoms. The highest BCUT2D eigenvalue weighted by Crippen LogP contribution is 2.23. The van der Waals surface area contributed by atoms with E-state index in [4.69, 9.17) is 5.26 Å². The van der Waals surface area contributed by atoms with Crippen LogP contribution in [0.25, 0.3) is 0 Å². The minimum atomic E-state index is -1.21. The normalized spacial score (nSPS) is 13.6. The molecule has 1 aromatic carbocycles. The molecule has 0 saturated heterocycles. The lowest BCUT2D eigenvalue weighted by atomic mass is 9.88. The molecule has 0 aliphatic carbocycles. The molecule has 1 atom stereocenters. The Morgan fingerprint density at radius 3 is 2.35 bits per heavy atom. The number of amides is 1. The SMILES string of the molecule is CCC(C)(C#N)C(=O)Nc1cc(F)cc(F)c1. The van der Waals surface area contributed by atoms with Crippen LogP contribution >= 0.6 is 0 Å². The van der Waals surface area contributed by atoms with Crippen molar-refractivity contribution in [2.24, 2.45) is 5.41 Å². The summed E-state index contributed by atoms with van der Waals surface area (Å²) in [5.74, 6) is -2.14. The van der Waals surface area contributed by atoms with Crippen LogP contribution in [-0.2, 0) is 4.79 Å². The summed E-state index contributed by atoms with van der Waals surface area (Å²) >= 11 is 0. The third-order valence-corrected chi connectivity index (χ3v) is 2.58. The molecule has 17 heavy (non-hydrogen) atoms. The minimum Gasteiger partial charge on any atom is -0.325 e. The third kappa shape index (κ3) is 3.00. The van der Waals surface area contributed by atoms with Crippen molar-refractivity contribution in [3.05, 3.63) is 29.8 Å². The highest BCUT2D eigenvalue weighted by Gasteiger charge is 2.31. The molecular weight excluding hydrogens is 226 g/mol. The van der Waals surface area contributed by atoms with Crippen molar-refractivity contribution in [3.63, 3.8) is 0 Å². The zero-order chi connectivity index (χ0) is 13.1. The number of nitrogens with zero attached hydrogens (tertiary/aromatic N) is 1. The van der Waals surface area contributed by atoms with E-state index in [2.05, 4.69) is 5.32 Å². The zero-order valence-corrected chi connectivity index (χ0v) is 9.55. The first kappa shape index (κ1) is 13.1. The first-order chi connectivity index (χ1) is 7.91. The van der Waals surface area contributed by atoms with Crippen molar-refractivity contribution >= 4 is 11.6 Å². The van der Waals surface area contributed by atoms with E-state index >= 15 is 0 Å². The molecule has 0 heterocycles. The molecule has 0 fully saturated rings. The molecule has 0 bridgehead atoms. The van der Waals surface area contributed by atoms with Gasteiger partial charge in [0.15, 0.2) is 0 Å². The fourth-order valence-corrected chi connectivity index (χ4v) is 1.19. The van der Waals surface area contributed by atoms with Gasteiger partial charge in [-0.3, -0.25) is 4.79 Å². The number of carbonyl (C=O) groups is 1. The first-order valence-electron chi connectivity index (χ1n) is 5.10. The second-order valence-corrected chi connectivity index (χ2v) is 3.91. The molecule has 90 valence electrons. The van der Waals surface area contributed by atoms with E-state index in [9.17, 15) is 13.6 Å². The number of carbonyl (C=O) groups excluding carboxylic acids is 1. The average molecular weight is 238 g/mol. The van der Waals surface area contributed by atoms with E-state index in [1.54, 1.807) is 6.92 Å². The Hall–Kier alpha value is -1.96. The number of benzene rings is 1. The summed E-state index contributed by atoms with van der Waals surface area (Å²) in [6, 6.07) is 4.57. The third-order valence-electron chi connectivity index (χ3n) is 2.58. The van der Waals surface area contributed by atoms with E-state index in [0.717, 1.165) is 12.1 Å². The molecule has 0 aliphatic rings. The summed E-state index contributed by atoms with van der Waals surface area (Å²) in [6.07, 6.45) is 0.313. The molecule has 1 N–H and O–H groups in total. The molecule has 1 rings (SSSR count). The van der Waals surface area contributed by atoms with E-state index in [0.29, 0.717) is 12.5 Å². The van der Waals surface area contributed by atoms with Gasteiger partial charge in [-0.25, -0.2) is 8.78 Å². The van der Waals surface area contributed by atoms with Gasteiger partial charge in [0.05, 0.1) is 6.07 Å². The van der Waals surface area contributed by atoms with Crippen molar-refractivity contribution in [1.82, 2.24) is 0 Å². The maximum atomic E-state index is 12.9. The van der Waals surface area contributed by atoms with Gasteiger partial charge in [0.2, 0.25) is 5.91 Å². The molecule has 0 aromatic heterocycles. The van der Waals surface area contributed by atoms with Gasteiger partial charge in [-0.15, -0.1) is 0 Å². The number of anilines is 1.